The van der Waals surface area contributed by atoms with Gasteiger partial charge in [-0.15, -0.1) is 0 Å². The summed E-state index contributed by atoms with van der Waals surface area (Å²) in [4.78, 5) is 20.8. The zero-order chi connectivity index (χ0) is 18.0. The van der Waals surface area contributed by atoms with Crippen molar-refractivity contribution >= 4 is 16.9 Å². The molecule has 1 atom stereocenters. The van der Waals surface area contributed by atoms with Gasteiger partial charge in [0.05, 0.1) is 29.0 Å². The van der Waals surface area contributed by atoms with Gasteiger partial charge in [0.2, 0.25) is 5.91 Å². The molecule has 26 heavy (non-hydrogen) atoms. The summed E-state index contributed by atoms with van der Waals surface area (Å²) in [6.45, 7) is 1.98. The SMILES string of the molecule is C[C@@H](NC(=O)CC1(n2cccc2)CCCCC1)c1nc2ccccc2[nH]1. The molecule has 1 fully saturated rings. The molecule has 0 unspecified atom stereocenters. The van der Waals surface area contributed by atoms with Crippen molar-refractivity contribution in [1.29, 1.82) is 0 Å². The third-order valence-corrected chi connectivity index (χ3v) is 5.62. The Balaban J connectivity index is 1.48. The van der Waals surface area contributed by atoms with Crippen LogP contribution in [-0.4, -0.2) is 20.4 Å². The topological polar surface area (TPSA) is 62.7 Å². The molecule has 1 aliphatic carbocycles. The summed E-state index contributed by atoms with van der Waals surface area (Å²) in [6.07, 6.45) is 10.5. The number of nitrogens with zero attached hydrogens (tertiary/aromatic N) is 2. The van der Waals surface area contributed by atoms with E-state index in [0.717, 1.165) is 29.7 Å². The zero-order valence-electron chi connectivity index (χ0n) is 15.2. The Bertz CT molecular complexity index is 841. The number of nitrogens with one attached hydrogen (secondary N) is 2. The molecule has 0 bridgehead atoms. The number of para-hydroxylation sites is 2. The number of aromatic amines is 1. The molecule has 0 spiro atoms. The van der Waals surface area contributed by atoms with Gasteiger partial charge in [-0.2, -0.15) is 0 Å². The van der Waals surface area contributed by atoms with Crippen molar-refractivity contribution in [1.82, 2.24) is 19.9 Å². The second-order valence-electron chi connectivity index (χ2n) is 7.48. The minimum atomic E-state index is -0.139. The monoisotopic (exact) mass is 350 g/mol. The van der Waals surface area contributed by atoms with Gasteiger partial charge in [-0.05, 0) is 44.0 Å². The first-order valence-electron chi connectivity index (χ1n) is 9.54. The van der Waals surface area contributed by atoms with Crippen LogP contribution in [0.5, 0.6) is 0 Å². The Hall–Kier alpha value is -2.56. The minimum absolute atomic E-state index is 0.0839. The van der Waals surface area contributed by atoms with E-state index in [1.54, 1.807) is 0 Å². The highest BCUT2D eigenvalue weighted by molar-refractivity contribution is 5.78. The maximum atomic E-state index is 12.8. The Morgan fingerprint density at radius 2 is 1.92 bits per heavy atom. The summed E-state index contributed by atoms with van der Waals surface area (Å²) in [6, 6.07) is 11.9. The first-order valence-corrected chi connectivity index (χ1v) is 9.54. The van der Waals surface area contributed by atoms with E-state index in [0.29, 0.717) is 6.42 Å². The largest absolute Gasteiger partial charge is 0.348 e. The van der Waals surface area contributed by atoms with Crippen LogP contribution >= 0.6 is 0 Å². The van der Waals surface area contributed by atoms with E-state index in [1.807, 2.05) is 43.3 Å². The quantitative estimate of drug-likeness (QED) is 0.721. The van der Waals surface area contributed by atoms with Gasteiger partial charge in [0, 0.05) is 12.4 Å². The number of aromatic nitrogens is 3. The van der Waals surface area contributed by atoms with Crippen LogP contribution in [0.1, 0.15) is 57.3 Å². The van der Waals surface area contributed by atoms with Crippen LogP contribution in [0.2, 0.25) is 0 Å². The van der Waals surface area contributed by atoms with E-state index >= 15 is 0 Å². The average Bonchev–Trinajstić information content (AvgIpc) is 3.32. The normalized spacial score (nSPS) is 17.9. The number of hydrogen-bond donors (Lipinski definition) is 2. The minimum Gasteiger partial charge on any atom is -0.348 e. The Labute approximate surface area is 153 Å². The second-order valence-corrected chi connectivity index (χ2v) is 7.48. The molecule has 136 valence electrons. The number of fused-ring (bicyclic) bond motifs is 1. The van der Waals surface area contributed by atoms with Crippen molar-refractivity contribution < 1.29 is 4.79 Å². The molecule has 0 aliphatic heterocycles. The molecule has 0 radical (unpaired) electrons. The maximum absolute atomic E-state index is 12.8. The molecule has 0 saturated heterocycles. The fourth-order valence-corrected chi connectivity index (χ4v) is 4.22. The number of benzene rings is 1. The summed E-state index contributed by atoms with van der Waals surface area (Å²) in [5.41, 5.74) is 1.85. The van der Waals surface area contributed by atoms with Crippen LogP contribution in [0.4, 0.5) is 0 Å². The van der Waals surface area contributed by atoms with Gasteiger partial charge in [-0.3, -0.25) is 4.79 Å². The Morgan fingerprint density at radius 1 is 1.19 bits per heavy atom. The zero-order valence-corrected chi connectivity index (χ0v) is 15.2. The standard InChI is InChI=1S/C21H26N4O/c1-16(20-23-17-9-3-4-10-18(17)24-20)22-19(26)15-21(11-5-2-6-12-21)25-13-7-8-14-25/h3-4,7-10,13-14,16H,2,5-6,11-12,15H2,1H3,(H,22,26)(H,23,24)/t16-/m1/s1. The fraction of sp³-hybridized carbons (Fsp3) is 0.429. The molecule has 4 rings (SSSR count). The molecule has 2 aromatic heterocycles. The summed E-state index contributed by atoms with van der Waals surface area (Å²) in [5, 5.41) is 3.15. The highest BCUT2D eigenvalue weighted by atomic mass is 16.1. The lowest BCUT2D eigenvalue weighted by Gasteiger charge is -2.38. The highest BCUT2D eigenvalue weighted by Gasteiger charge is 2.35. The fourth-order valence-electron chi connectivity index (χ4n) is 4.22. The van der Waals surface area contributed by atoms with Gasteiger partial charge in [0.15, 0.2) is 0 Å². The van der Waals surface area contributed by atoms with E-state index in [2.05, 4.69) is 32.2 Å². The first kappa shape index (κ1) is 16.9. The number of H-pyrrole nitrogens is 1. The smallest absolute Gasteiger partial charge is 0.222 e. The lowest BCUT2D eigenvalue weighted by atomic mass is 9.78. The number of hydrogen-bond acceptors (Lipinski definition) is 2. The summed E-state index contributed by atoms with van der Waals surface area (Å²) >= 11 is 0. The van der Waals surface area contributed by atoms with Crippen LogP contribution in [0.3, 0.4) is 0 Å². The number of imidazole rings is 1. The van der Waals surface area contributed by atoms with Gasteiger partial charge < -0.3 is 14.9 Å². The highest BCUT2D eigenvalue weighted by Crippen LogP contribution is 2.38. The van der Waals surface area contributed by atoms with Gasteiger partial charge in [-0.1, -0.05) is 31.4 Å². The Kier molecular flexibility index (Phi) is 4.53. The van der Waals surface area contributed by atoms with Crippen molar-refractivity contribution in [2.45, 2.75) is 57.0 Å². The second kappa shape index (κ2) is 6.98. The third-order valence-electron chi connectivity index (χ3n) is 5.62. The Morgan fingerprint density at radius 3 is 2.65 bits per heavy atom. The maximum Gasteiger partial charge on any atom is 0.222 e. The predicted molar refractivity (Wildman–Crippen MR) is 103 cm³/mol. The molecule has 5 heteroatoms. The molecule has 1 saturated carbocycles. The summed E-state index contributed by atoms with van der Waals surface area (Å²) in [7, 11) is 0. The molecule has 3 aromatic rings. The van der Waals surface area contributed by atoms with Crippen molar-refractivity contribution in [2.75, 3.05) is 0 Å². The summed E-state index contributed by atoms with van der Waals surface area (Å²) < 4.78 is 2.25. The number of carbonyl (C=O) groups is 1. The molecular formula is C21H26N4O. The van der Waals surface area contributed by atoms with Crippen LogP contribution < -0.4 is 5.32 Å². The molecule has 5 nitrogen and oxygen atoms in total. The molecular weight excluding hydrogens is 324 g/mol. The molecule has 1 aromatic carbocycles. The van der Waals surface area contributed by atoms with Crippen LogP contribution in [0.25, 0.3) is 11.0 Å². The molecule has 2 heterocycles. The number of amides is 1. The van der Waals surface area contributed by atoms with Gasteiger partial charge in [0.1, 0.15) is 5.82 Å². The average molecular weight is 350 g/mol. The van der Waals surface area contributed by atoms with Gasteiger partial charge in [-0.25, -0.2) is 4.98 Å². The first-order chi connectivity index (χ1) is 12.7. The van der Waals surface area contributed by atoms with Crippen molar-refractivity contribution in [3.63, 3.8) is 0 Å². The number of carbonyl (C=O) groups excluding carboxylic acids is 1. The molecule has 1 amide bonds. The lowest BCUT2D eigenvalue weighted by Crippen LogP contribution is -2.41. The van der Waals surface area contributed by atoms with E-state index in [-0.39, 0.29) is 17.5 Å². The van der Waals surface area contributed by atoms with Crippen molar-refractivity contribution in [3.8, 4) is 0 Å². The lowest BCUT2D eigenvalue weighted by molar-refractivity contribution is -0.124. The van der Waals surface area contributed by atoms with E-state index < -0.39 is 0 Å². The third kappa shape index (κ3) is 3.26. The number of rotatable bonds is 5. The van der Waals surface area contributed by atoms with Crippen LogP contribution in [0.15, 0.2) is 48.8 Å². The molecule has 1 aliphatic rings. The van der Waals surface area contributed by atoms with Crippen LogP contribution in [0, 0.1) is 0 Å². The van der Waals surface area contributed by atoms with Crippen molar-refractivity contribution in [3.05, 3.63) is 54.6 Å². The predicted octanol–water partition coefficient (Wildman–Crippen LogP) is 4.29. The van der Waals surface area contributed by atoms with E-state index in [1.165, 1.54) is 19.3 Å². The van der Waals surface area contributed by atoms with Gasteiger partial charge >= 0.3 is 0 Å². The molecule has 2 N–H and O–H groups in total. The van der Waals surface area contributed by atoms with Crippen LogP contribution in [-0.2, 0) is 10.3 Å². The van der Waals surface area contributed by atoms with E-state index in [4.69, 9.17) is 0 Å². The van der Waals surface area contributed by atoms with Gasteiger partial charge in [0.25, 0.3) is 0 Å². The summed E-state index contributed by atoms with van der Waals surface area (Å²) in [5.74, 6) is 0.895. The van der Waals surface area contributed by atoms with E-state index in [9.17, 15) is 4.79 Å². The van der Waals surface area contributed by atoms with Crippen molar-refractivity contribution in [2.24, 2.45) is 0 Å².